The SMILES string of the molecule is C#CCOCCOCCOCCOCCN(C)C(=NC)N(CCOCCNC(=O)CO[C@@H]([C@@H]1OC(C(=O)O)=C[C@H](N=C(N)N)[C@H]1NC(C)=O)[C@H](O)CO)CCOCCNC(=O)CO[C@@H]([C@@H]1OC(C(=O)O)=C[C@H](N=C(N)N)[C@H]1N1CCC1)[C@H](O)CO. The quantitative estimate of drug-likeness (QED) is 0.0117. The second-order valence-electron chi connectivity index (χ2n) is 19.0. The van der Waals surface area contributed by atoms with Gasteiger partial charge < -0.3 is 127 Å². The van der Waals surface area contributed by atoms with Crippen molar-refractivity contribution < 1.29 is 102 Å². The highest BCUT2D eigenvalue weighted by Gasteiger charge is 2.49. The average Bonchev–Trinajstić information content (AvgIpc) is 1.44. The van der Waals surface area contributed by atoms with Crippen LogP contribution in [0, 0.1) is 12.3 Å². The number of ether oxygens (including phenoxy) is 10. The fraction of sp³-hybridized carbons (Fsp3) is 0.725. The first-order valence-corrected chi connectivity index (χ1v) is 27.4. The molecule has 0 radical (unpaired) electrons. The van der Waals surface area contributed by atoms with Crippen LogP contribution in [0.5, 0.6) is 0 Å². The molecule has 17 N–H and O–H groups in total. The molecule has 3 rings (SSSR count). The van der Waals surface area contributed by atoms with Crippen molar-refractivity contribution in [3.05, 3.63) is 23.7 Å². The largest absolute Gasteiger partial charge is 0.479 e. The van der Waals surface area contributed by atoms with Crippen molar-refractivity contribution in [2.24, 2.45) is 37.9 Å². The molecule has 85 heavy (non-hydrogen) atoms. The molecule has 1 fully saturated rings. The van der Waals surface area contributed by atoms with Crippen molar-refractivity contribution in [2.75, 3.05) is 166 Å². The van der Waals surface area contributed by atoms with E-state index in [9.17, 15) is 54.6 Å². The van der Waals surface area contributed by atoms with E-state index in [-0.39, 0.29) is 65.2 Å². The van der Waals surface area contributed by atoms with E-state index in [0.29, 0.717) is 71.8 Å². The summed E-state index contributed by atoms with van der Waals surface area (Å²) in [5.41, 5.74) is 22.5. The molecule has 3 amide bonds. The second-order valence-corrected chi connectivity index (χ2v) is 19.0. The Morgan fingerprint density at radius 2 is 1.15 bits per heavy atom. The molecule has 3 aliphatic heterocycles. The molecule has 482 valence electrons. The summed E-state index contributed by atoms with van der Waals surface area (Å²) in [5, 5.41) is 68.9. The Balaban J connectivity index is 1.57. The molecule has 3 heterocycles. The van der Waals surface area contributed by atoms with Gasteiger partial charge in [0.2, 0.25) is 29.2 Å². The van der Waals surface area contributed by atoms with E-state index in [4.69, 9.17) is 76.7 Å². The number of hydrogen-bond donors (Lipinski definition) is 13. The van der Waals surface area contributed by atoms with Crippen molar-refractivity contribution in [3.63, 3.8) is 0 Å². The normalized spacial score (nSPS) is 20.9. The van der Waals surface area contributed by atoms with Gasteiger partial charge in [0.05, 0.1) is 110 Å². The van der Waals surface area contributed by atoms with E-state index in [0.717, 1.165) is 12.5 Å². The highest BCUT2D eigenvalue weighted by molar-refractivity contribution is 5.86. The number of nitrogens with zero attached hydrogens (tertiary/aromatic N) is 6. The number of carbonyl (C=O) groups excluding carboxylic acids is 3. The molecule has 0 spiro atoms. The molecular formula is C51H87N13O21. The Bertz CT molecular complexity index is 2250. The third-order valence-electron chi connectivity index (χ3n) is 12.7. The first kappa shape index (κ1) is 72.5. The minimum Gasteiger partial charge on any atom is -0.479 e. The topological polar surface area (TPSA) is 486 Å². The van der Waals surface area contributed by atoms with Gasteiger partial charge in [0, 0.05) is 53.7 Å². The van der Waals surface area contributed by atoms with Crippen LogP contribution in [-0.2, 0) is 71.3 Å². The summed E-state index contributed by atoms with van der Waals surface area (Å²) >= 11 is 0. The number of rotatable bonds is 43. The van der Waals surface area contributed by atoms with Gasteiger partial charge in [-0.1, -0.05) is 5.92 Å². The van der Waals surface area contributed by atoms with Crippen LogP contribution >= 0.6 is 0 Å². The van der Waals surface area contributed by atoms with Crippen LogP contribution in [0.4, 0.5) is 0 Å². The predicted octanol–water partition coefficient (Wildman–Crippen LogP) is -7.75. The number of hydrogen-bond acceptors (Lipinski definition) is 23. The lowest BCUT2D eigenvalue weighted by Crippen LogP contribution is -2.63. The van der Waals surface area contributed by atoms with Gasteiger partial charge in [-0.2, -0.15) is 0 Å². The van der Waals surface area contributed by atoms with E-state index in [2.05, 4.69) is 36.8 Å². The number of amides is 3. The first-order chi connectivity index (χ1) is 40.8. The number of carboxylic acid groups (broad SMARTS) is 2. The summed E-state index contributed by atoms with van der Waals surface area (Å²) in [6.45, 7) is 3.43. The molecule has 0 aliphatic carbocycles. The number of likely N-dealkylation sites (N-methyl/N-ethyl adjacent to an activating group) is 1. The molecular weight excluding hydrogens is 1130 g/mol. The number of aliphatic imine (C=N–C) groups is 3. The highest BCUT2D eigenvalue weighted by Crippen LogP contribution is 2.32. The Hall–Kier alpha value is -6.72. The van der Waals surface area contributed by atoms with Crippen molar-refractivity contribution >= 4 is 47.5 Å². The maximum Gasteiger partial charge on any atom is 0.370 e. The standard InChI is InChI=1S/C51H87N13O21/c1-5-14-76-20-22-80-24-25-81-23-21-79-17-11-62(4)51(56-3)64(12-18-77-15-7-57-39(70)30-82-43(35(68)28-65)45-41(59-32(2)67)33(60-49(52)53)26-37(84-45)47(72)73)13-19-78-16-8-58-40(71)31-83-44(36(69)29-66)46-42(63-9-6-10-63)34(61-50(54)55)27-38(85-46)48(74)75/h1,26-27,33-36,41-46,65-66,68-69H,6-25,28-31H2,2-4H3,(H,57,70)(H,58,71)(H,59,67)(H,72,73)(H,74,75)(H4,52,53,60)(H4,54,55,61)/t33-,34-,35+,36+,41+,42+,43+,44+,45+,46+/m0/s1. The van der Waals surface area contributed by atoms with Gasteiger partial charge in [0.15, 0.2) is 24.0 Å². The zero-order valence-corrected chi connectivity index (χ0v) is 48.3. The van der Waals surface area contributed by atoms with Crippen molar-refractivity contribution in [1.82, 2.24) is 30.7 Å². The molecule has 34 heteroatoms. The lowest BCUT2D eigenvalue weighted by Gasteiger charge is -2.48. The van der Waals surface area contributed by atoms with Gasteiger partial charge in [0.25, 0.3) is 0 Å². The van der Waals surface area contributed by atoms with Crippen LogP contribution in [0.2, 0.25) is 0 Å². The zero-order valence-electron chi connectivity index (χ0n) is 48.3. The van der Waals surface area contributed by atoms with Crippen molar-refractivity contribution in [1.29, 1.82) is 0 Å². The lowest BCUT2D eigenvalue weighted by atomic mass is 9.89. The maximum absolute atomic E-state index is 13.1. The maximum atomic E-state index is 13.1. The molecule has 0 bridgehead atoms. The predicted molar refractivity (Wildman–Crippen MR) is 301 cm³/mol. The fourth-order valence-electron chi connectivity index (χ4n) is 8.77. The van der Waals surface area contributed by atoms with E-state index in [1.807, 2.05) is 21.7 Å². The average molecular weight is 1220 g/mol. The summed E-state index contributed by atoms with van der Waals surface area (Å²) in [5.74, 6) is -3.80. The van der Waals surface area contributed by atoms with Gasteiger partial charge in [-0.3, -0.25) is 24.3 Å². The molecule has 1 saturated heterocycles. The van der Waals surface area contributed by atoms with Gasteiger partial charge in [-0.15, -0.1) is 6.42 Å². The van der Waals surface area contributed by atoms with Crippen molar-refractivity contribution in [3.8, 4) is 12.3 Å². The fourth-order valence-corrected chi connectivity index (χ4v) is 8.77. The second kappa shape index (κ2) is 40.6. The van der Waals surface area contributed by atoms with E-state index in [1.54, 1.807) is 7.05 Å². The van der Waals surface area contributed by atoms with E-state index < -0.39 is 134 Å². The smallest absolute Gasteiger partial charge is 0.370 e. The van der Waals surface area contributed by atoms with Crippen molar-refractivity contribution in [2.45, 2.75) is 74.1 Å². The molecule has 0 aromatic rings. The number of aliphatic hydroxyl groups is 4. The summed E-state index contributed by atoms with van der Waals surface area (Å²) in [7, 11) is 3.44. The van der Waals surface area contributed by atoms with Crippen LogP contribution in [0.1, 0.15) is 13.3 Å². The molecule has 10 atom stereocenters. The summed E-state index contributed by atoms with van der Waals surface area (Å²) in [6, 6.07) is -4.03. The van der Waals surface area contributed by atoms with Crippen LogP contribution < -0.4 is 38.9 Å². The van der Waals surface area contributed by atoms with Gasteiger partial charge in [0.1, 0.15) is 50.3 Å². The monoisotopic (exact) mass is 1220 g/mol. The van der Waals surface area contributed by atoms with Gasteiger partial charge >= 0.3 is 11.9 Å². The van der Waals surface area contributed by atoms with Crippen LogP contribution in [0.25, 0.3) is 0 Å². The molecule has 3 aliphatic rings. The minimum atomic E-state index is -1.73. The number of terminal acetylenes is 1. The molecule has 0 unspecified atom stereocenters. The number of nitrogens with two attached hydrogens (primary N) is 4. The number of nitrogens with one attached hydrogen (secondary N) is 3. The highest BCUT2D eigenvalue weighted by atomic mass is 16.6. The third-order valence-corrected chi connectivity index (χ3v) is 12.7. The number of aliphatic carboxylic acids is 2. The Kier molecular flexibility index (Phi) is 34.6. The molecule has 0 saturated carbocycles. The summed E-state index contributed by atoms with van der Waals surface area (Å²) in [4.78, 5) is 80.7. The minimum absolute atomic E-state index is 0.00788. The molecule has 0 aromatic heterocycles. The van der Waals surface area contributed by atoms with E-state index in [1.165, 1.54) is 13.0 Å². The van der Waals surface area contributed by atoms with Gasteiger partial charge in [-0.25, -0.2) is 19.6 Å². The number of guanidine groups is 3. The summed E-state index contributed by atoms with van der Waals surface area (Å²) < 4.78 is 56.6. The number of likely N-dealkylation sites (tertiary alicyclic amines) is 1. The number of aliphatic hydroxyl groups excluding tert-OH is 4. The number of carboxylic acids is 2. The Labute approximate surface area is 492 Å². The third kappa shape index (κ3) is 26.6. The number of carbonyl (C=O) groups is 5. The zero-order chi connectivity index (χ0) is 62.7. The molecule has 0 aromatic carbocycles. The van der Waals surface area contributed by atoms with Gasteiger partial charge in [-0.05, 0) is 31.7 Å². The summed E-state index contributed by atoms with van der Waals surface area (Å²) in [6.07, 6.45) is -0.736. The lowest BCUT2D eigenvalue weighted by molar-refractivity contribution is -0.167. The Morgan fingerprint density at radius 3 is 1.60 bits per heavy atom. The Morgan fingerprint density at radius 1 is 0.706 bits per heavy atom. The molecule has 34 nitrogen and oxygen atoms in total. The van der Waals surface area contributed by atoms with Crippen LogP contribution in [0.3, 0.4) is 0 Å². The van der Waals surface area contributed by atoms with Crippen LogP contribution in [-0.4, -0.2) is 319 Å². The van der Waals surface area contributed by atoms with E-state index >= 15 is 0 Å². The first-order valence-electron chi connectivity index (χ1n) is 27.4. The van der Waals surface area contributed by atoms with Crippen LogP contribution in [0.15, 0.2) is 38.6 Å².